The molecule has 2 rings (SSSR count). The fourth-order valence-corrected chi connectivity index (χ4v) is 5.05. The second kappa shape index (κ2) is 3.51. The Hall–Kier alpha value is -0.0431. The van der Waals surface area contributed by atoms with Crippen LogP contribution in [0, 0.1) is 11.8 Å². The molecular weight excluding hydrogens is 184 g/mol. The first-order chi connectivity index (χ1) is 6.53. The molecule has 0 aromatic heterocycles. The Bertz CT molecular complexity index is 262. The normalized spacial score (nSPS) is 31.7. The van der Waals surface area contributed by atoms with Gasteiger partial charge in [-0.15, -0.1) is 0 Å². The molecular formula is C13H24Si. The van der Waals surface area contributed by atoms with E-state index in [-0.39, 0.29) is 0 Å². The van der Waals surface area contributed by atoms with Crippen LogP contribution in [0.2, 0.25) is 25.2 Å². The molecule has 2 aliphatic rings. The minimum Gasteiger partial charge on any atom is -0.0710 e. The molecule has 2 aliphatic carbocycles. The Morgan fingerprint density at radius 1 is 1.21 bits per heavy atom. The third kappa shape index (κ3) is 1.71. The summed E-state index contributed by atoms with van der Waals surface area (Å²) in [6.45, 7) is 9.91. The van der Waals surface area contributed by atoms with Crippen molar-refractivity contribution in [1.29, 1.82) is 0 Å². The average Bonchev–Trinajstić information content (AvgIpc) is 2.70. The third-order valence-electron chi connectivity index (χ3n) is 4.67. The number of rotatable bonds is 3. The minimum absolute atomic E-state index is 0.879. The SMILES string of the molecule is CC[Si](C)(C)CC1=C(C)C2CCC1C2. The number of fused-ring (bicyclic) bond motifs is 2. The van der Waals surface area contributed by atoms with Crippen molar-refractivity contribution in [1.82, 2.24) is 0 Å². The highest BCUT2D eigenvalue weighted by Gasteiger charge is 2.38. The highest BCUT2D eigenvalue weighted by atomic mass is 28.3. The van der Waals surface area contributed by atoms with Gasteiger partial charge in [0.15, 0.2) is 0 Å². The summed E-state index contributed by atoms with van der Waals surface area (Å²) in [5.41, 5.74) is 3.70. The lowest BCUT2D eigenvalue weighted by molar-refractivity contribution is 0.646. The quantitative estimate of drug-likeness (QED) is 0.474. The lowest BCUT2D eigenvalue weighted by Gasteiger charge is -2.26. The van der Waals surface area contributed by atoms with Crippen LogP contribution in [-0.4, -0.2) is 8.07 Å². The van der Waals surface area contributed by atoms with E-state index in [1.54, 1.807) is 5.57 Å². The van der Waals surface area contributed by atoms with Crippen molar-refractivity contribution in [2.75, 3.05) is 0 Å². The molecule has 0 aromatic carbocycles. The molecule has 0 nitrogen and oxygen atoms in total. The van der Waals surface area contributed by atoms with Gasteiger partial charge in [0.1, 0.15) is 0 Å². The fraction of sp³-hybridized carbons (Fsp3) is 0.846. The Balaban J connectivity index is 2.12. The largest absolute Gasteiger partial charge is 0.0710 e. The van der Waals surface area contributed by atoms with Crippen LogP contribution in [0.1, 0.15) is 33.1 Å². The highest BCUT2D eigenvalue weighted by Crippen LogP contribution is 2.50. The van der Waals surface area contributed by atoms with Crippen molar-refractivity contribution in [3.8, 4) is 0 Å². The Morgan fingerprint density at radius 2 is 1.86 bits per heavy atom. The molecule has 1 fully saturated rings. The Labute approximate surface area is 89.8 Å². The number of hydrogen-bond acceptors (Lipinski definition) is 0. The van der Waals surface area contributed by atoms with Gasteiger partial charge in [-0.1, -0.05) is 37.2 Å². The summed E-state index contributed by atoms with van der Waals surface area (Å²) in [7, 11) is -0.879. The molecule has 0 amide bonds. The van der Waals surface area contributed by atoms with Gasteiger partial charge >= 0.3 is 0 Å². The molecule has 0 spiro atoms. The molecule has 0 heterocycles. The maximum Gasteiger partial charge on any atom is 0.0511 e. The minimum atomic E-state index is -0.879. The van der Waals surface area contributed by atoms with E-state index in [4.69, 9.17) is 0 Å². The van der Waals surface area contributed by atoms with E-state index < -0.39 is 8.07 Å². The zero-order valence-corrected chi connectivity index (χ0v) is 11.2. The third-order valence-corrected chi connectivity index (χ3v) is 7.92. The maximum atomic E-state index is 2.55. The first-order valence-electron chi connectivity index (χ1n) is 6.23. The maximum absolute atomic E-state index is 2.55. The van der Waals surface area contributed by atoms with E-state index >= 15 is 0 Å². The molecule has 2 bridgehead atoms. The van der Waals surface area contributed by atoms with Gasteiger partial charge in [-0.3, -0.25) is 0 Å². The van der Waals surface area contributed by atoms with Crippen LogP contribution in [-0.2, 0) is 0 Å². The summed E-state index contributed by atoms with van der Waals surface area (Å²) in [6.07, 6.45) is 4.51. The van der Waals surface area contributed by atoms with E-state index in [1.807, 2.05) is 5.57 Å². The van der Waals surface area contributed by atoms with Crippen LogP contribution < -0.4 is 0 Å². The molecule has 2 atom stereocenters. The summed E-state index contributed by atoms with van der Waals surface area (Å²) < 4.78 is 0. The standard InChI is InChI=1S/C13H24Si/c1-5-14(3,4)9-13-10(2)11-6-7-12(13)8-11/h11-12H,5-9H2,1-4H3. The van der Waals surface area contributed by atoms with Gasteiger partial charge in [0.25, 0.3) is 0 Å². The predicted octanol–water partition coefficient (Wildman–Crippen LogP) is 4.46. The van der Waals surface area contributed by atoms with Gasteiger partial charge in [0.2, 0.25) is 0 Å². The van der Waals surface area contributed by atoms with Gasteiger partial charge < -0.3 is 0 Å². The van der Waals surface area contributed by atoms with Crippen LogP contribution in [0.15, 0.2) is 11.1 Å². The van der Waals surface area contributed by atoms with Gasteiger partial charge in [0.05, 0.1) is 8.07 Å². The van der Waals surface area contributed by atoms with Crippen molar-refractivity contribution in [2.45, 2.75) is 58.3 Å². The summed E-state index contributed by atoms with van der Waals surface area (Å²) in [6, 6.07) is 2.94. The van der Waals surface area contributed by atoms with Gasteiger partial charge in [-0.2, -0.15) is 0 Å². The van der Waals surface area contributed by atoms with Crippen molar-refractivity contribution < 1.29 is 0 Å². The van der Waals surface area contributed by atoms with Crippen molar-refractivity contribution in [3.63, 3.8) is 0 Å². The van der Waals surface area contributed by atoms with Crippen LogP contribution in [0.4, 0.5) is 0 Å². The molecule has 2 unspecified atom stereocenters. The first-order valence-corrected chi connectivity index (χ1v) is 9.64. The van der Waals surface area contributed by atoms with E-state index in [0.29, 0.717) is 0 Å². The lowest BCUT2D eigenvalue weighted by Crippen LogP contribution is -2.25. The van der Waals surface area contributed by atoms with Crippen LogP contribution in [0.5, 0.6) is 0 Å². The molecule has 0 aromatic rings. The second-order valence-electron chi connectivity index (χ2n) is 6.11. The van der Waals surface area contributed by atoms with Gasteiger partial charge in [-0.05, 0) is 44.1 Å². The van der Waals surface area contributed by atoms with Crippen molar-refractivity contribution in [3.05, 3.63) is 11.1 Å². The topological polar surface area (TPSA) is 0 Å². The fourth-order valence-electron chi connectivity index (χ4n) is 3.20. The van der Waals surface area contributed by atoms with E-state index in [2.05, 4.69) is 26.9 Å². The van der Waals surface area contributed by atoms with Crippen LogP contribution in [0.3, 0.4) is 0 Å². The molecule has 80 valence electrons. The lowest BCUT2D eigenvalue weighted by atomic mass is 9.94. The smallest absolute Gasteiger partial charge is 0.0511 e. The molecule has 14 heavy (non-hydrogen) atoms. The van der Waals surface area contributed by atoms with Crippen LogP contribution >= 0.6 is 0 Å². The van der Waals surface area contributed by atoms with E-state index in [1.165, 1.54) is 31.4 Å². The summed E-state index contributed by atoms with van der Waals surface area (Å²) in [4.78, 5) is 0. The molecule has 0 aliphatic heterocycles. The van der Waals surface area contributed by atoms with Crippen molar-refractivity contribution >= 4 is 8.07 Å². The number of allylic oxidation sites excluding steroid dienone is 2. The Kier molecular flexibility index (Phi) is 2.63. The number of hydrogen-bond donors (Lipinski definition) is 0. The molecule has 1 saturated carbocycles. The second-order valence-corrected chi connectivity index (χ2v) is 11.5. The van der Waals surface area contributed by atoms with Crippen LogP contribution in [0.25, 0.3) is 0 Å². The highest BCUT2D eigenvalue weighted by molar-refractivity contribution is 6.77. The first kappa shape index (κ1) is 10.5. The van der Waals surface area contributed by atoms with Gasteiger partial charge in [0, 0.05) is 0 Å². The predicted molar refractivity (Wildman–Crippen MR) is 66.3 cm³/mol. The van der Waals surface area contributed by atoms with E-state index in [9.17, 15) is 0 Å². The molecule has 0 radical (unpaired) electrons. The Morgan fingerprint density at radius 3 is 2.36 bits per heavy atom. The zero-order valence-electron chi connectivity index (χ0n) is 10.2. The van der Waals surface area contributed by atoms with Gasteiger partial charge in [-0.25, -0.2) is 0 Å². The summed E-state index contributed by atoms with van der Waals surface area (Å²) >= 11 is 0. The van der Waals surface area contributed by atoms with E-state index in [0.717, 1.165) is 11.8 Å². The molecule has 1 heteroatoms. The zero-order chi connectivity index (χ0) is 10.3. The van der Waals surface area contributed by atoms with Crippen molar-refractivity contribution in [2.24, 2.45) is 11.8 Å². The average molecular weight is 208 g/mol. The summed E-state index contributed by atoms with van der Waals surface area (Å²) in [5, 5.41) is 0. The summed E-state index contributed by atoms with van der Waals surface area (Å²) in [5.74, 6) is 2.01. The molecule has 0 saturated heterocycles. The molecule has 0 N–H and O–H groups in total. The monoisotopic (exact) mass is 208 g/mol.